The minimum absolute atomic E-state index is 0.176. The van der Waals surface area contributed by atoms with Crippen LogP contribution >= 0.6 is 0 Å². The summed E-state index contributed by atoms with van der Waals surface area (Å²) in [6, 6.07) is 8.70. The van der Waals surface area contributed by atoms with E-state index in [1.165, 1.54) is 0 Å². The van der Waals surface area contributed by atoms with Crippen molar-refractivity contribution in [3.8, 4) is 11.3 Å². The number of rotatable bonds is 5. The minimum Gasteiger partial charge on any atom is -0.441 e. The van der Waals surface area contributed by atoms with Crippen molar-refractivity contribution in [2.24, 2.45) is 5.92 Å². The number of fused-ring (bicyclic) bond motifs is 1. The molecule has 1 fully saturated rings. The number of hydrogen-bond donors (Lipinski definition) is 1. The van der Waals surface area contributed by atoms with E-state index in [4.69, 9.17) is 4.42 Å². The van der Waals surface area contributed by atoms with Gasteiger partial charge in [-0.3, -0.25) is 9.78 Å². The SMILES string of the molecule is CNC1CCC(C(=O)Cc2cc3cc(-c4cnc(C)o4)ccc3cn2)CC1. The number of carbonyl (C=O) groups excluding carboxylic acids is 1. The molecule has 2 aromatic heterocycles. The highest BCUT2D eigenvalue weighted by Crippen LogP contribution is 2.27. The average Bonchev–Trinajstić information content (AvgIpc) is 3.14. The van der Waals surface area contributed by atoms with Gasteiger partial charge in [0.25, 0.3) is 0 Å². The van der Waals surface area contributed by atoms with Crippen LogP contribution in [0.15, 0.2) is 41.1 Å². The van der Waals surface area contributed by atoms with Crippen LogP contribution in [0.3, 0.4) is 0 Å². The van der Waals surface area contributed by atoms with Gasteiger partial charge in [-0.15, -0.1) is 0 Å². The van der Waals surface area contributed by atoms with Crippen LogP contribution in [0.2, 0.25) is 0 Å². The molecule has 0 bridgehead atoms. The van der Waals surface area contributed by atoms with Crippen molar-refractivity contribution >= 4 is 16.6 Å². The summed E-state index contributed by atoms with van der Waals surface area (Å²) in [5.74, 6) is 1.90. The van der Waals surface area contributed by atoms with E-state index in [9.17, 15) is 4.79 Å². The van der Waals surface area contributed by atoms with E-state index in [2.05, 4.69) is 21.4 Å². The number of carbonyl (C=O) groups is 1. The van der Waals surface area contributed by atoms with Crippen molar-refractivity contribution in [2.75, 3.05) is 7.05 Å². The van der Waals surface area contributed by atoms with Gasteiger partial charge in [-0.25, -0.2) is 4.98 Å². The second-order valence-electron chi connectivity index (χ2n) is 7.46. The number of aromatic nitrogens is 2. The summed E-state index contributed by atoms with van der Waals surface area (Å²) in [6.45, 7) is 1.84. The molecule has 0 radical (unpaired) electrons. The van der Waals surface area contributed by atoms with Crippen LogP contribution in [0.5, 0.6) is 0 Å². The second-order valence-corrected chi connectivity index (χ2v) is 7.46. The third kappa shape index (κ3) is 3.93. The first-order valence-corrected chi connectivity index (χ1v) is 9.64. The zero-order valence-electron chi connectivity index (χ0n) is 15.9. The van der Waals surface area contributed by atoms with Gasteiger partial charge < -0.3 is 9.73 Å². The summed E-state index contributed by atoms with van der Waals surface area (Å²) in [4.78, 5) is 21.4. The molecule has 2 heterocycles. The smallest absolute Gasteiger partial charge is 0.191 e. The molecule has 1 aliphatic carbocycles. The van der Waals surface area contributed by atoms with Gasteiger partial charge in [0, 0.05) is 48.1 Å². The van der Waals surface area contributed by atoms with Crippen molar-refractivity contribution < 1.29 is 9.21 Å². The summed E-state index contributed by atoms with van der Waals surface area (Å²) in [5, 5.41) is 5.44. The van der Waals surface area contributed by atoms with E-state index in [0.29, 0.717) is 24.1 Å². The minimum atomic E-state index is 0.176. The molecule has 140 valence electrons. The number of Topliss-reactive ketones (excluding diaryl/α,β-unsaturated/α-hetero) is 1. The molecule has 1 saturated carbocycles. The fourth-order valence-electron chi connectivity index (χ4n) is 3.96. The molecule has 5 nitrogen and oxygen atoms in total. The Morgan fingerprint density at radius 2 is 1.93 bits per heavy atom. The molecule has 1 N–H and O–H groups in total. The van der Waals surface area contributed by atoms with Crippen molar-refractivity contribution in [3.63, 3.8) is 0 Å². The van der Waals surface area contributed by atoms with Gasteiger partial charge in [0.15, 0.2) is 11.7 Å². The Kier molecular flexibility index (Phi) is 5.03. The quantitative estimate of drug-likeness (QED) is 0.739. The highest BCUT2D eigenvalue weighted by atomic mass is 16.4. The maximum Gasteiger partial charge on any atom is 0.191 e. The molecule has 0 unspecified atom stereocenters. The molecular weight excluding hydrogens is 338 g/mol. The molecular formula is C22H25N3O2. The van der Waals surface area contributed by atoms with Crippen molar-refractivity contribution in [3.05, 3.63) is 48.2 Å². The lowest BCUT2D eigenvalue weighted by Crippen LogP contribution is -2.33. The average molecular weight is 363 g/mol. The lowest BCUT2D eigenvalue weighted by molar-refractivity contribution is -0.123. The first kappa shape index (κ1) is 17.9. The number of pyridine rings is 1. The number of hydrogen-bond acceptors (Lipinski definition) is 5. The Bertz CT molecular complexity index is 955. The van der Waals surface area contributed by atoms with Crippen LogP contribution in [-0.4, -0.2) is 28.8 Å². The third-order valence-corrected chi connectivity index (χ3v) is 5.63. The molecule has 0 aliphatic heterocycles. The molecule has 3 aromatic rings. The van der Waals surface area contributed by atoms with E-state index in [-0.39, 0.29) is 5.92 Å². The van der Waals surface area contributed by atoms with E-state index in [0.717, 1.165) is 53.5 Å². The molecule has 1 aromatic carbocycles. The highest BCUT2D eigenvalue weighted by molar-refractivity contribution is 5.88. The number of oxazole rings is 1. The summed E-state index contributed by atoms with van der Waals surface area (Å²) in [6.07, 6.45) is 8.13. The normalized spacial score (nSPS) is 20.1. The zero-order valence-corrected chi connectivity index (χ0v) is 15.9. The molecule has 0 atom stereocenters. The second kappa shape index (κ2) is 7.61. The van der Waals surface area contributed by atoms with Crippen molar-refractivity contribution in [1.29, 1.82) is 0 Å². The number of nitrogens with one attached hydrogen (secondary N) is 1. The first-order chi connectivity index (χ1) is 13.1. The van der Waals surface area contributed by atoms with Crippen LogP contribution < -0.4 is 5.32 Å². The van der Waals surface area contributed by atoms with E-state index in [1.807, 2.05) is 38.4 Å². The Morgan fingerprint density at radius 1 is 1.11 bits per heavy atom. The van der Waals surface area contributed by atoms with Gasteiger partial charge in [0.2, 0.25) is 0 Å². The van der Waals surface area contributed by atoms with Gasteiger partial charge in [0.05, 0.1) is 6.20 Å². The number of aryl methyl sites for hydroxylation is 1. The molecule has 1 aliphatic rings. The van der Waals surface area contributed by atoms with Crippen LogP contribution in [0, 0.1) is 12.8 Å². The van der Waals surface area contributed by atoms with Gasteiger partial charge >= 0.3 is 0 Å². The lowest BCUT2D eigenvalue weighted by atomic mass is 9.82. The predicted molar refractivity (Wildman–Crippen MR) is 105 cm³/mol. The predicted octanol–water partition coefficient (Wildman–Crippen LogP) is 4.09. The van der Waals surface area contributed by atoms with Gasteiger partial charge in [-0.2, -0.15) is 0 Å². The Hall–Kier alpha value is -2.53. The number of nitrogens with zero attached hydrogens (tertiary/aromatic N) is 2. The van der Waals surface area contributed by atoms with Crippen LogP contribution in [0.25, 0.3) is 22.1 Å². The summed E-state index contributed by atoms with van der Waals surface area (Å²) in [7, 11) is 2.00. The number of ketones is 1. The maximum absolute atomic E-state index is 12.7. The Labute approximate surface area is 159 Å². The zero-order chi connectivity index (χ0) is 18.8. The largest absolute Gasteiger partial charge is 0.441 e. The van der Waals surface area contributed by atoms with E-state index >= 15 is 0 Å². The topological polar surface area (TPSA) is 68.0 Å². The van der Waals surface area contributed by atoms with E-state index in [1.54, 1.807) is 6.20 Å². The van der Waals surface area contributed by atoms with Crippen molar-refractivity contribution in [2.45, 2.75) is 45.1 Å². The molecule has 5 heteroatoms. The Balaban J connectivity index is 1.51. The van der Waals surface area contributed by atoms with Crippen LogP contribution in [0.4, 0.5) is 0 Å². The molecule has 0 amide bonds. The fraction of sp³-hybridized carbons (Fsp3) is 0.409. The van der Waals surface area contributed by atoms with Gasteiger partial charge in [-0.1, -0.05) is 12.1 Å². The maximum atomic E-state index is 12.7. The first-order valence-electron chi connectivity index (χ1n) is 9.64. The lowest BCUT2D eigenvalue weighted by Gasteiger charge is -2.27. The van der Waals surface area contributed by atoms with E-state index < -0.39 is 0 Å². The number of benzene rings is 1. The molecule has 0 spiro atoms. The Morgan fingerprint density at radius 3 is 2.63 bits per heavy atom. The summed E-state index contributed by atoms with van der Waals surface area (Å²) in [5.41, 5.74) is 1.83. The van der Waals surface area contributed by atoms with Gasteiger partial charge in [0.1, 0.15) is 5.78 Å². The standard InChI is InChI=1S/C22H25N3O2/c1-14-24-13-22(27-14)16-3-4-17-12-25-20(10-18(17)9-16)11-21(26)15-5-7-19(23-2)8-6-15/h3-4,9-10,12-13,15,19,23H,5-8,11H2,1-2H3. The third-order valence-electron chi connectivity index (χ3n) is 5.63. The monoisotopic (exact) mass is 363 g/mol. The molecule has 4 rings (SSSR count). The van der Waals surface area contributed by atoms with Crippen LogP contribution in [0.1, 0.15) is 37.3 Å². The molecule has 27 heavy (non-hydrogen) atoms. The van der Waals surface area contributed by atoms with Gasteiger partial charge in [-0.05, 0) is 50.2 Å². The van der Waals surface area contributed by atoms with Crippen LogP contribution in [-0.2, 0) is 11.2 Å². The fourth-order valence-corrected chi connectivity index (χ4v) is 3.96. The molecule has 0 saturated heterocycles. The summed E-state index contributed by atoms with van der Waals surface area (Å²) >= 11 is 0. The highest BCUT2D eigenvalue weighted by Gasteiger charge is 2.25. The summed E-state index contributed by atoms with van der Waals surface area (Å²) < 4.78 is 5.62. The van der Waals surface area contributed by atoms with Crippen molar-refractivity contribution in [1.82, 2.24) is 15.3 Å².